The highest BCUT2D eigenvalue weighted by Crippen LogP contribution is 2.04. The first kappa shape index (κ1) is 16.4. The van der Waals surface area contributed by atoms with Gasteiger partial charge in [-0.05, 0) is 24.3 Å². The van der Waals surface area contributed by atoms with Crippen molar-refractivity contribution in [2.45, 2.75) is 0 Å². The van der Waals surface area contributed by atoms with Crippen LogP contribution in [0.4, 0.5) is 5.69 Å². The van der Waals surface area contributed by atoms with Crippen LogP contribution in [-0.4, -0.2) is 52.6 Å². The zero-order valence-electron chi connectivity index (χ0n) is 11.8. The quantitative estimate of drug-likeness (QED) is 0.487. The van der Waals surface area contributed by atoms with E-state index in [4.69, 9.17) is 19.9 Å². The number of rotatable bonds is 10. The van der Waals surface area contributed by atoms with Gasteiger partial charge in [-0.2, -0.15) is 0 Å². The number of carbonyl (C=O) groups excluding carboxylic acids is 1. The number of benzene rings is 1. The molecule has 0 fully saturated rings. The van der Waals surface area contributed by atoms with E-state index in [2.05, 4.69) is 5.32 Å². The minimum Gasteiger partial charge on any atom is -0.399 e. The lowest BCUT2D eigenvalue weighted by Gasteiger charge is -2.07. The zero-order chi connectivity index (χ0) is 14.6. The van der Waals surface area contributed by atoms with Gasteiger partial charge in [-0.1, -0.05) is 0 Å². The summed E-state index contributed by atoms with van der Waals surface area (Å²) in [5.41, 5.74) is 6.78. The maximum Gasteiger partial charge on any atom is 0.251 e. The molecule has 3 N–H and O–H groups in total. The van der Waals surface area contributed by atoms with E-state index in [-0.39, 0.29) is 5.91 Å². The number of hydrogen-bond acceptors (Lipinski definition) is 5. The lowest BCUT2D eigenvalue weighted by atomic mass is 10.2. The van der Waals surface area contributed by atoms with E-state index in [0.29, 0.717) is 50.8 Å². The zero-order valence-corrected chi connectivity index (χ0v) is 11.8. The van der Waals surface area contributed by atoms with Crippen LogP contribution in [0, 0.1) is 0 Å². The summed E-state index contributed by atoms with van der Waals surface area (Å²) < 4.78 is 15.4. The number of carbonyl (C=O) groups is 1. The second-order valence-electron chi connectivity index (χ2n) is 4.10. The molecule has 1 rings (SSSR count). The molecule has 0 aliphatic carbocycles. The van der Waals surface area contributed by atoms with Gasteiger partial charge in [0.15, 0.2) is 0 Å². The molecular weight excluding hydrogens is 260 g/mol. The number of nitrogen functional groups attached to an aromatic ring is 1. The molecular formula is C14H22N2O4. The molecule has 112 valence electrons. The van der Waals surface area contributed by atoms with Crippen molar-refractivity contribution in [3.8, 4) is 0 Å². The van der Waals surface area contributed by atoms with Crippen molar-refractivity contribution in [1.82, 2.24) is 5.32 Å². The number of nitrogens with one attached hydrogen (secondary N) is 1. The maximum atomic E-state index is 11.7. The molecule has 0 saturated carbocycles. The number of anilines is 1. The van der Waals surface area contributed by atoms with Crippen molar-refractivity contribution in [2.75, 3.05) is 52.4 Å². The number of nitrogens with two attached hydrogens (primary N) is 1. The number of hydrogen-bond donors (Lipinski definition) is 2. The lowest BCUT2D eigenvalue weighted by molar-refractivity contribution is 0.0255. The second-order valence-corrected chi connectivity index (χ2v) is 4.10. The predicted molar refractivity (Wildman–Crippen MR) is 76.7 cm³/mol. The molecule has 1 amide bonds. The molecule has 0 heterocycles. The standard InChI is InChI=1S/C14H22N2O4/c1-18-8-9-20-11-10-19-7-6-16-14(17)12-2-4-13(15)5-3-12/h2-5H,6-11,15H2,1H3,(H,16,17). The fourth-order valence-corrected chi connectivity index (χ4v) is 1.44. The average molecular weight is 282 g/mol. The topological polar surface area (TPSA) is 82.8 Å². The van der Waals surface area contributed by atoms with Crippen LogP contribution in [-0.2, 0) is 14.2 Å². The molecule has 0 aromatic heterocycles. The summed E-state index contributed by atoms with van der Waals surface area (Å²) >= 11 is 0. The molecule has 0 atom stereocenters. The Morgan fingerprint density at radius 1 is 1.05 bits per heavy atom. The first-order valence-electron chi connectivity index (χ1n) is 6.52. The normalized spacial score (nSPS) is 10.4. The van der Waals surface area contributed by atoms with Crippen molar-refractivity contribution in [3.05, 3.63) is 29.8 Å². The molecule has 0 aliphatic heterocycles. The van der Waals surface area contributed by atoms with Crippen LogP contribution >= 0.6 is 0 Å². The minimum atomic E-state index is -0.134. The van der Waals surface area contributed by atoms with E-state index in [0.717, 1.165) is 0 Å². The number of methoxy groups -OCH3 is 1. The van der Waals surface area contributed by atoms with Crippen molar-refractivity contribution >= 4 is 11.6 Å². The van der Waals surface area contributed by atoms with Gasteiger partial charge in [0.05, 0.1) is 33.0 Å². The van der Waals surface area contributed by atoms with Gasteiger partial charge in [0.2, 0.25) is 0 Å². The van der Waals surface area contributed by atoms with Crippen molar-refractivity contribution in [2.24, 2.45) is 0 Å². The minimum absolute atomic E-state index is 0.134. The highest BCUT2D eigenvalue weighted by atomic mass is 16.5. The number of amides is 1. The van der Waals surface area contributed by atoms with Crippen LogP contribution in [0.15, 0.2) is 24.3 Å². The highest BCUT2D eigenvalue weighted by Gasteiger charge is 2.03. The Hall–Kier alpha value is -1.63. The van der Waals surface area contributed by atoms with Gasteiger partial charge < -0.3 is 25.3 Å². The van der Waals surface area contributed by atoms with E-state index in [1.807, 2.05) is 0 Å². The summed E-state index contributed by atoms with van der Waals surface area (Å²) in [4.78, 5) is 11.7. The summed E-state index contributed by atoms with van der Waals surface area (Å²) in [5, 5.41) is 2.76. The Kier molecular flexibility index (Phi) is 8.37. The molecule has 0 bridgehead atoms. The molecule has 6 heteroatoms. The summed E-state index contributed by atoms with van der Waals surface area (Å²) in [5.74, 6) is -0.134. The fraction of sp³-hybridized carbons (Fsp3) is 0.500. The van der Waals surface area contributed by atoms with Crippen LogP contribution < -0.4 is 11.1 Å². The van der Waals surface area contributed by atoms with Gasteiger partial charge in [-0.15, -0.1) is 0 Å². The Morgan fingerprint density at radius 3 is 2.30 bits per heavy atom. The molecule has 0 saturated heterocycles. The van der Waals surface area contributed by atoms with Crippen molar-refractivity contribution in [3.63, 3.8) is 0 Å². The predicted octanol–water partition coefficient (Wildman–Crippen LogP) is 0.678. The molecule has 0 spiro atoms. The number of ether oxygens (including phenoxy) is 3. The van der Waals surface area contributed by atoms with E-state index < -0.39 is 0 Å². The Bertz CT molecular complexity index is 381. The van der Waals surface area contributed by atoms with E-state index in [9.17, 15) is 4.79 Å². The van der Waals surface area contributed by atoms with Crippen LogP contribution in [0.3, 0.4) is 0 Å². The van der Waals surface area contributed by atoms with Crippen LogP contribution in [0.5, 0.6) is 0 Å². The highest BCUT2D eigenvalue weighted by molar-refractivity contribution is 5.94. The van der Waals surface area contributed by atoms with Crippen LogP contribution in [0.2, 0.25) is 0 Å². The molecule has 1 aromatic carbocycles. The third-order valence-corrected chi connectivity index (χ3v) is 2.51. The lowest BCUT2D eigenvalue weighted by Crippen LogP contribution is -2.27. The van der Waals surface area contributed by atoms with Gasteiger partial charge in [0.25, 0.3) is 5.91 Å². The Morgan fingerprint density at radius 2 is 1.65 bits per heavy atom. The van der Waals surface area contributed by atoms with Crippen molar-refractivity contribution < 1.29 is 19.0 Å². The fourth-order valence-electron chi connectivity index (χ4n) is 1.44. The van der Waals surface area contributed by atoms with Gasteiger partial charge in [0, 0.05) is 24.9 Å². The largest absolute Gasteiger partial charge is 0.399 e. The molecule has 1 aromatic rings. The van der Waals surface area contributed by atoms with E-state index in [1.165, 1.54) is 0 Å². The van der Waals surface area contributed by atoms with E-state index in [1.54, 1.807) is 31.4 Å². The van der Waals surface area contributed by atoms with Crippen molar-refractivity contribution in [1.29, 1.82) is 0 Å². The summed E-state index contributed by atoms with van der Waals surface area (Å²) in [7, 11) is 1.63. The average Bonchev–Trinajstić information content (AvgIpc) is 2.46. The van der Waals surface area contributed by atoms with Crippen LogP contribution in [0.25, 0.3) is 0 Å². The Labute approximate surface area is 119 Å². The SMILES string of the molecule is COCCOCCOCCNC(=O)c1ccc(N)cc1. The van der Waals surface area contributed by atoms with Gasteiger partial charge in [-0.25, -0.2) is 0 Å². The molecule has 6 nitrogen and oxygen atoms in total. The molecule has 0 radical (unpaired) electrons. The van der Waals surface area contributed by atoms with Crippen LogP contribution in [0.1, 0.15) is 10.4 Å². The third kappa shape index (κ3) is 7.08. The molecule has 0 unspecified atom stereocenters. The first-order valence-corrected chi connectivity index (χ1v) is 6.52. The Balaban J connectivity index is 2.01. The smallest absolute Gasteiger partial charge is 0.251 e. The third-order valence-electron chi connectivity index (χ3n) is 2.51. The van der Waals surface area contributed by atoms with E-state index >= 15 is 0 Å². The second kappa shape index (κ2) is 10.2. The summed E-state index contributed by atoms with van der Waals surface area (Å²) in [6.45, 7) is 3.08. The first-order chi connectivity index (χ1) is 9.74. The summed E-state index contributed by atoms with van der Waals surface area (Å²) in [6.07, 6.45) is 0. The summed E-state index contributed by atoms with van der Waals surface area (Å²) in [6, 6.07) is 6.77. The monoisotopic (exact) mass is 282 g/mol. The van der Waals surface area contributed by atoms with Gasteiger partial charge in [0.1, 0.15) is 0 Å². The maximum absolute atomic E-state index is 11.7. The van der Waals surface area contributed by atoms with Gasteiger partial charge in [-0.3, -0.25) is 4.79 Å². The van der Waals surface area contributed by atoms with Gasteiger partial charge >= 0.3 is 0 Å². The molecule has 20 heavy (non-hydrogen) atoms. The molecule has 0 aliphatic rings.